The van der Waals surface area contributed by atoms with E-state index in [1.165, 1.54) is 12.1 Å². The molecule has 0 aliphatic rings. The lowest BCUT2D eigenvalue weighted by atomic mass is 10.4. The second-order valence-corrected chi connectivity index (χ2v) is 6.39. The Kier molecular flexibility index (Phi) is 5.53. The topological polar surface area (TPSA) is 46.2 Å². The number of rotatable bonds is 5. The van der Waals surface area contributed by atoms with E-state index in [-0.39, 0.29) is 9.92 Å². The summed E-state index contributed by atoms with van der Waals surface area (Å²) in [6, 6.07) is 4.34. The van der Waals surface area contributed by atoms with Crippen molar-refractivity contribution in [3.8, 4) is 0 Å². The van der Waals surface area contributed by atoms with Gasteiger partial charge < -0.3 is 0 Å². The fourth-order valence-electron chi connectivity index (χ4n) is 1.03. The van der Waals surface area contributed by atoms with Crippen molar-refractivity contribution < 1.29 is 8.42 Å². The zero-order valence-corrected chi connectivity index (χ0v) is 12.1. The van der Waals surface area contributed by atoms with E-state index < -0.39 is 10.0 Å². The van der Waals surface area contributed by atoms with E-state index in [0.29, 0.717) is 18.0 Å². The van der Waals surface area contributed by atoms with Crippen LogP contribution in [0, 0.1) is 0 Å². The number of hydrogen-bond acceptors (Lipinski definition) is 2. The van der Waals surface area contributed by atoms with Gasteiger partial charge in [0.15, 0.2) is 0 Å². The molecule has 0 spiro atoms. The van der Waals surface area contributed by atoms with Gasteiger partial charge in [-0.15, -0.1) is 0 Å². The molecule has 1 aromatic carbocycles. The van der Waals surface area contributed by atoms with Crippen LogP contribution in [0.15, 0.2) is 23.1 Å². The largest absolute Gasteiger partial charge is 0.242 e. The van der Waals surface area contributed by atoms with Crippen molar-refractivity contribution in [1.82, 2.24) is 4.72 Å². The van der Waals surface area contributed by atoms with Gasteiger partial charge in [-0.3, -0.25) is 0 Å². The summed E-state index contributed by atoms with van der Waals surface area (Å²) in [5, 5.41) is 1.24. The molecule has 1 aromatic rings. The highest BCUT2D eigenvalue weighted by Crippen LogP contribution is 2.24. The molecular weight excluding hydrogens is 337 g/mol. The normalized spacial score (nSPS) is 11.7. The molecule has 0 aliphatic carbocycles. The van der Waals surface area contributed by atoms with Gasteiger partial charge in [0.05, 0.1) is 5.02 Å². The number of hydrogen-bond donors (Lipinski definition) is 1. The van der Waals surface area contributed by atoms with E-state index in [1.54, 1.807) is 6.07 Å². The monoisotopic (exact) mass is 345 g/mol. The number of alkyl halides is 1. The average molecular weight is 347 g/mol. The van der Waals surface area contributed by atoms with Crippen LogP contribution in [-0.4, -0.2) is 20.3 Å². The Labute approximate surface area is 113 Å². The molecule has 0 fully saturated rings. The van der Waals surface area contributed by atoms with Crippen LogP contribution in [0.5, 0.6) is 0 Å². The molecule has 3 nitrogen and oxygen atoms in total. The van der Waals surface area contributed by atoms with E-state index in [0.717, 1.165) is 5.33 Å². The van der Waals surface area contributed by atoms with Crippen molar-refractivity contribution >= 4 is 49.2 Å². The fourth-order valence-corrected chi connectivity index (χ4v) is 3.15. The molecule has 0 aromatic heterocycles. The van der Waals surface area contributed by atoms with Crippen LogP contribution in [0.3, 0.4) is 0 Å². The Morgan fingerprint density at radius 3 is 2.62 bits per heavy atom. The predicted octanol–water partition coefficient (Wildman–Crippen LogP) is 3.06. The van der Waals surface area contributed by atoms with Gasteiger partial charge in [0.1, 0.15) is 4.90 Å². The molecule has 0 heterocycles. The molecule has 0 aliphatic heterocycles. The van der Waals surface area contributed by atoms with Gasteiger partial charge in [0.25, 0.3) is 0 Å². The van der Waals surface area contributed by atoms with Crippen molar-refractivity contribution in [2.45, 2.75) is 11.3 Å². The average Bonchev–Trinajstić information content (AvgIpc) is 2.22. The van der Waals surface area contributed by atoms with Crippen molar-refractivity contribution in [1.29, 1.82) is 0 Å². The standard InChI is InChI=1S/C9H10BrCl2NO2S/c10-4-1-5-13-16(14,15)9-6-7(11)2-3-8(9)12/h2-3,6,13H,1,4-5H2. The van der Waals surface area contributed by atoms with Crippen LogP contribution < -0.4 is 4.72 Å². The molecule has 0 amide bonds. The molecule has 1 rings (SSSR count). The lowest BCUT2D eigenvalue weighted by Gasteiger charge is -2.07. The van der Waals surface area contributed by atoms with Gasteiger partial charge in [-0.25, -0.2) is 13.1 Å². The van der Waals surface area contributed by atoms with Crippen LogP contribution in [0.25, 0.3) is 0 Å². The van der Waals surface area contributed by atoms with Crippen LogP contribution >= 0.6 is 39.1 Å². The van der Waals surface area contributed by atoms with Crippen LogP contribution in [0.1, 0.15) is 6.42 Å². The maximum absolute atomic E-state index is 11.8. The first-order chi connectivity index (χ1) is 7.47. The Morgan fingerprint density at radius 1 is 1.31 bits per heavy atom. The maximum atomic E-state index is 11.8. The second kappa shape index (κ2) is 6.21. The molecule has 0 bridgehead atoms. The highest BCUT2D eigenvalue weighted by atomic mass is 79.9. The number of halogens is 3. The van der Waals surface area contributed by atoms with Gasteiger partial charge in [-0.1, -0.05) is 39.1 Å². The second-order valence-electron chi connectivity index (χ2n) is 3.02. The van der Waals surface area contributed by atoms with Crippen molar-refractivity contribution in [2.75, 3.05) is 11.9 Å². The van der Waals surface area contributed by atoms with E-state index in [2.05, 4.69) is 20.7 Å². The predicted molar refractivity (Wildman–Crippen MR) is 70.1 cm³/mol. The number of benzene rings is 1. The minimum atomic E-state index is -3.57. The molecule has 0 unspecified atom stereocenters. The Balaban J connectivity index is 2.93. The smallest absolute Gasteiger partial charge is 0.211 e. The molecule has 1 N–H and O–H groups in total. The first kappa shape index (κ1) is 14.3. The highest BCUT2D eigenvalue weighted by molar-refractivity contribution is 9.09. The summed E-state index contributed by atoms with van der Waals surface area (Å²) in [5.41, 5.74) is 0. The quantitative estimate of drug-likeness (QED) is 0.657. The van der Waals surface area contributed by atoms with Gasteiger partial charge in [-0.05, 0) is 24.6 Å². The Bertz CT molecular complexity index is 465. The first-order valence-electron chi connectivity index (χ1n) is 4.48. The summed E-state index contributed by atoms with van der Waals surface area (Å²) in [5.74, 6) is 0. The van der Waals surface area contributed by atoms with Crippen molar-refractivity contribution in [2.24, 2.45) is 0 Å². The van der Waals surface area contributed by atoms with Gasteiger partial charge in [0.2, 0.25) is 10.0 Å². The maximum Gasteiger partial charge on any atom is 0.242 e. The third kappa shape index (κ3) is 3.89. The molecule has 7 heteroatoms. The molecule has 0 radical (unpaired) electrons. The Hall–Kier alpha value is 0.190. The van der Waals surface area contributed by atoms with E-state index in [1.807, 2.05) is 0 Å². The molecule has 0 saturated carbocycles. The van der Waals surface area contributed by atoms with E-state index in [9.17, 15) is 8.42 Å². The summed E-state index contributed by atoms with van der Waals surface area (Å²) in [4.78, 5) is 0.0104. The van der Waals surface area contributed by atoms with E-state index in [4.69, 9.17) is 23.2 Å². The Morgan fingerprint density at radius 2 is 2.00 bits per heavy atom. The third-order valence-corrected chi connectivity index (χ3v) is 4.52. The summed E-state index contributed by atoms with van der Waals surface area (Å²) in [7, 11) is -3.57. The SMILES string of the molecule is O=S(=O)(NCCCBr)c1cc(Cl)ccc1Cl. The minimum Gasteiger partial charge on any atom is -0.211 e. The summed E-state index contributed by atoms with van der Waals surface area (Å²) >= 11 is 14.7. The van der Waals surface area contributed by atoms with Crippen LogP contribution in [0.2, 0.25) is 10.0 Å². The molecule has 0 atom stereocenters. The lowest BCUT2D eigenvalue weighted by Crippen LogP contribution is -2.25. The zero-order valence-electron chi connectivity index (χ0n) is 8.21. The molecule has 16 heavy (non-hydrogen) atoms. The molecule has 90 valence electrons. The number of sulfonamides is 1. The van der Waals surface area contributed by atoms with Crippen molar-refractivity contribution in [3.63, 3.8) is 0 Å². The van der Waals surface area contributed by atoms with Crippen LogP contribution in [0.4, 0.5) is 0 Å². The molecular formula is C9H10BrCl2NO2S. The van der Waals surface area contributed by atoms with Gasteiger partial charge >= 0.3 is 0 Å². The number of nitrogens with one attached hydrogen (secondary N) is 1. The zero-order chi connectivity index (χ0) is 12.2. The van der Waals surface area contributed by atoms with Crippen LogP contribution in [-0.2, 0) is 10.0 Å². The first-order valence-corrected chi connectivity index (χ1v) is 7.84. The summed E-state index contributed by atoms with van der Waals surface area (Å²) in [6.07, 6.45) is 0.706. The summed E-state index contributed by atoms with van der Waals surface area (Å²) in [6.45, 7) is 0.358. The summed E-state index contributed by atoms with van der Waals surface area (Å²) < 4.78 is 26.1. The third-order valence-electron chi connectivity index (χ3n) is 1.79. The lowest BCUT2D eigenvalue weighted by molar-refractivity contribution is 0.581. The minimum absolute atomic E-state index is 0.0104. The fraction of sp³-hybridized carbons (Fsp3) is 0.333. The highest BCUT2D eigenvalue weighted by Gasteiger charge is 2.17. The molecule has 0 saturated heterocycles. The van der Waals surface area contributed by atoms with Crippen molar-refractivity contribution in [3.05, 3.63) is 28.2 Å². The van der Waals surface area contributed by atoms with Gasteiger partial charge in [0, 0.05) is 16.9 Å². The van der Waals surface area contributed by atoms with E-state index >= 15 is 0 Å². The van der Waals surface area contributed by atoms with Gasteiger partial charge in [-0.2, -0.15) is 0 Å².